The van der Waals surface area contributed by atoms with Gasteiger partial charge >= 0.3 is 6.03 Å². The Balaban J connectivity index is 1.27. The molecule has 3 aliphatic heterocycles. The summed E-state index contributed by atoms with van der Waals surface area (Å²) >= 11 is 0. The summed E-state index contributed by atoms with van der Waals surface area (Å²) in [5.41, 5.74) is 0. The SMILES string of the molecule is O=C([C@H]1COc2ccccc2O1)N1CCN(CC(=O)N2CCNC2=O)CC1. The molecular formula is C18H22N4O5. The molecule has 2 saturated heterocycles. The molecule has 1 N–H and O–H groups in total. The number of imide groups is 1. The molecular weight excluding hydrogens is 352 g/mol. The van der Waals surface area contributed by atoms with Gasteiger partial charge in [0.1, 0.15) is 6.61 Å². The maximum Gasteiger partial charge on any atom is 0.324 e. The summed E-state index contributed by atoms with van der Waals surface area (Å²) in [4.78, 5) is 41.4. The molecule has 0 unspecified atom stereocenters. The van der Waals surface area contributed by atoms with Crippen molar-refractivity contribution in [2.75, 3.05) is 52.4 Å². The predicted molar refractivity (Wildman–Crippen MR) is 94.5 cm³/mol. The summed E-state index contributed by atoms with van der Waals surface area (Å²) in [7, 11) is 0. The molecule has 9 nitrogen and oxygen atoms in total. The highest BCUT2D eigenvalue weighted by atomic mass is 16.6. The van der Waals surface area contributed by atoms with Gasteiger partial charge in [-0.15, -0.1) is 0 Å². The van der Waals surface area contributed by atoms with Gasteiger partial charge in [-0.2, -0.15) is 0 Å². The van der Waals surface area contributed by atoms with Crippen molar-refractivity contribution in [1.29, 1.82) is 0 Å². The van der Waals surface area contributed by atoms with Crippen LogP contribution in [0.15, 0.2) is 24.3 Å². The highest BCUT2D eigenvalue weighted by Crippen LogP contribution is 2.31. The summed E-state index contributed by atoms with van der Waals surface area (Å²) in [6, 6.07) is 6.96. The maximum atomic E-state index is 12.7. The van der Waals surface area contributed by atoms with Crippen LogP contribution in [0.5, 0.6) is 11.5 Å². The minimum atomic E-state index is -0.652. The predicted octanol–water partition coefficient (Wildman–Crippen LogP) is -0.478. The van der Waals surface area contributed by atoms with Crippen LogP contribution in [-0.4, -0.2) is 91.1 Å². The molecule has 3 heterocycles. The molecule has 0 aliphatic carbocycles. The lowest BCUT2D eigenvalue weighted by atomic mass is 10.2. The van der Waals surface area contributed by atoms with Crippen LogP contribution >= 0.6 is 0 Å². The van der Waals surface area contributed by atoms with Gasteiger partial charge in [-0.25, -0.2) is 4.79 Å². The lowest BCUT2D eigenvalue weighted by Gasteiger charge is -2.37. The fourth-order valence-corrected chi connectivity index (χ4v) is 3.46. The lowest BCUT2D eigenvalue weighted by Crippen LogP contribution is -2.55. The van der Waals surface area contributed by atoms with Gasteiger partial charge in [0.05, 0.1) is 6.54 Å². The molecule has 4 rings (SSSR count). The van der Waals surface area contributed by atoms with Gasteiger partial charge in [0.2, 0.25) is 12.0 Å². The van der Waals surface area contributed by atoms with Gasteiger partial charge in [-0.05, 0) is 12.1 Å². The Labute approximate surface area is 156 Å². The fraction of sp³-hybridized carbons (Fsp3) is 0.500. The third kappa shape index (κ3) is 3.68. The minimum Gasteiger partial charge on any atom is -0.485 e. The number of hydrogen-bond donors (Lipinski definition) is 1. The van der Waals surface area contributed by atoms with Crippen molar-refractivity contribution in [3.63, 3.8) is 0 Å². The van der Waals surface area contributed by atoms with E-state index in [1.165, 1.54) is 4.90 Å². The Hall–Kier alpha value is -2.81. The van der Waals surface area contributed by atoms with Crippen molar-refractivity contribution in [2.45, 2.75) is 6.10 Å². The molecule has 0 radical (unpaired) electrons. The number of hydrogen-bond acceptors (Lipinski definition) is 6. The summed E-state index contributed by atoms with van der Waals surface area (Å²) in [5, 5.41) is 2.62. The second-order valence-electron chi connectivity index (χ2n) is 6.74. The number of fused-ring (bicyclic) bond motifs is 1. The van der Waals surface area contributed by atoms with E-state index in [1.807, 2.05) is 23.1 Å². The molecule has 0 aromatic heterocycles. The van der Waals surface area contributed by atoms with Crippen LogP contribution in [0.3, 0.4) is 0 Å². The van der Waals surface area contributed by atoms with Gasteiger partial charge in [0.25, 0.3) is 5.91 Å². The average Bonchev–Trinajstić information content (AvgIpc) is 3.14. The molecule has 9 heteroatoms. The van der Waals surface area contributed by atoms with E-state index >= 15 is 0 Å². The number of nitrogens with one attached hydrogen (secondary N) is 1. The smallest absolute Gasteiger partial charge is 0.324 e. The monoisotopic (exact) mass is 374 g/mol. The zero-order valence-corrected chi connectivity index (χ0v) is 14.9. The third-order valence-electron chi connectivity index (χ3n) is 4.98. The molecule has 4 amide bonds. The van der Waals surface area contributed by atoms with E-state index < -0.39 is 6.10 Å². The number of piperazine rings is 1. The molecule has 1 aromatic carbocycles. The van der Waals surface area contributed by atoms with Crippen LogP contribution in [0.2, 0.25) is 0 Å². The number of ether oxygens (including phenoxy) is 2. The zero-order chi connectivity index (χ0) is 18.8. The van der Waals surface area contributed by atoms with E-state index in [4.69, 9.17) is 9.47 Å². The number of carbonyl (C=O) groups excluding carboxylic acids is 3. The first-order valence-corrected chi connectivity index (χ1v) is 9.09. The minimum absolute atomic E-state index is 0.102. The Morgan fingerprint density at radius 1 is 1.07 bits per heavy atom. The standard InChI is InChI=1S/C18H22N4O5/c23-16(22-6-5-19-18(22)25)11-20-7-9-21(10-8-20)17(24)15-12-26-13-3-1-2-4-14(13)27-15/h1-4,15H,5-12H2,(H,19,25)/t15-/m1/s1. The quantitative estimate of drug-likeness (QED) is 0.769. The van der Waals surface area contributed by atoms with Gasteiger partial charge in [0.15, 0.2) is 11.5 Å². The first-order chi connectivity index (χ1) is 13.1. The Morgan fingerprint density at radius 3 is 2.52 bits per heavy atom. The summed E-state index contributed by atoms with van der Waals surface area (Å²) in [6.45, 7) is 3.48. The number of urea groups is 1. The average molecular weight is 374 g/mol. The van der Waals surface area contributed by atoms with Crippen LogP contribution < -0.4 is 14.8 Å². The van der Waals surface area contributed by atoms with E-state index in [0.717, 1.165) is 0 Å². The summed E-state index contributed by atoms with van der Waals surface area (Å²) in [6.07, 6.45) is -0.652. The number of carbonyl (C=O) groups is 3. The van der Waals surface area contributed by atoms with E-state index in [0.29, 0.717) is 50.8 Å². The number of rotatable bonds is 3. The van der Waals surface area contributed by atoms with Crippen LogP contribution in [0, 0.1) is 0 Å². The first-order valence-electron chi connectivity index (χ1n) is 9.09. The van der Waals surface area contributed by atoms with E-state index in [9.17, 15) is 14.4 Å². The molecule has 2 fully saturated rings. The van der Waals surface area contributed by atoms with Crippen molar-refractivity contribution in [2.24, 2.45) is 0 Å². The van der Waals surface area contributed by atoms with Gasteiger partial charge in [-0.3, -0.25) is 19.4 Å². The zero-order valence-electron chi connectivity index (χ0n) is 14.9. The first kappa shape index (κ1) is 17.6. The molecule has 27 heavy (non-hydrogen) atoms. The number of benzene rings is 1. The Bertz CT molecular complexity index is 747. The van der Waals surface area contributed by atoms with E-state index in [-0.39, 0.29) is 31.0 Å². The molecule has 0 spiro atoms. The maximum absolute atomic E-state index is 12.7. The van der Waals surface area contributed by atoms with E-state index in [2.05, 4.69) is 5.32 Å². The van der Waals surface area contributed by atoms with E-state index in [1.54, 1.807) is 11.0 Å². The fourth-order valence-electron chi connectivity index (χ4n) is 3.46. The summed E-state index contributed by atoms with van der Waals surface area (Å²) in [5.74, 6) is 0.922. The molecule has 1 aromatic rings. The van der Waals surface area contributed by atoms with Crippen molar-refractivity contribution >= 4 is 17.8 Å². The van der Waals surface area contributed by atoms with Gasteiger partial charge in [-0.1, -0.05) is 12.1 Å². The highest BCUT2D eigenvalue weighted by molar-refractivity contribution is 5.96. The molecule has 0 saturated carbocycles. The largest absolute Gasteiger partial charge is 0.485 e. The lowest BCUT2D eigenvalue weighted by molar-refractivity contribution is -0.143. The third-order valence-corrected chi connectivity index (χ3v) is 4.98. The number of amides is 4. The van der Waals surface area contributed by atoms with Crippen molar-refractivity contribution < 1.29 is 23.9 Å². The molecule has 0 bridgehead atoms. The molecule has 144 valence electrons. The number of nitrogens with zero attached hydrogens (tertiary/aromatic N) is 3. The highest BCUT2D eigenvalue weighted by Gasteiger charge is 2.34. The van der Waals surface area contributed by atoms with Crippen LogP contribution in [-0.2, 0) is 9.59 Å². The van der Waals surface area contributed by atoms with Crippen LogP contribution in [0.4, 0.5) is 4.79 Å². The van der Waals surface area contributed by atoms with Crippen LogP contribution in [0.25, 0.3) is 0 Å². The number of para-hydroxylation sites is 2. The van der Waals surface area contributed by atoms with Gasteiger partial charge < -0.3 is 19.7 Å². The molecule has 1 atom stereocenters. The second kappa shape index (κ2) is 7.43. The molecule has 3 aliphatic rings. The van der Waals surface area contributed by atoms with Crippen molar-refractivity contribution in [3.05, 3.63) is 24.3 Å². The van der Waals surface area contributed by atoms with Crippen molar-refractivity contribution in [3.8, 4) is 11.5 Å². The second-order valence-corrected chi connectivity index (χ2v) is 6.74. The van der Waals surface area contributed by atoms with Crippen LogP contribution in [0.1, 0.15) is 0 Å². The topological polar surface area (TPSA) is 91.4 Å². The van der Waals surface area contributed by atoms with Gasteiger partial charge in [0, 0.05) is 39.3 Å². The summed E-state index contributed by atoms with van der Waals surface area (Å²) < 4.78 is 11.4. The van der Waals surface area contributed by atoms with Crippen molar-refractivity contribution in [1.82, 2.24) is 20.0 Å². The Morgan fingerprint density at radius 2 is 1.81 bits per heavy atom. The Kier molecular flexibility index (Phi) is 4.85. The normalized spacial score (nSPS) is 22.5.